The molecule has 1 fully saturated rings. The molecule has 1 heterocycles. The van der Waals surface area contributed by atoms with Gasteiger partial charge in [-0.05, 0) is 59.5 Å². The number of benzene rings is 2. The number of hydrogen-bond acceptors (Lipinski definition) is 3. The number of piperidine rings is 1. The van der Waals surface area contributed by atoms with Gasteiger partial charge in [-0.3, -0.25) is 4.79 Å². The highest BCUT2D eigenvalue weighted by atomic mass is 127. The van der Waals surface area contributed by atoms with Crippen molar-refractivity contribution in [3.05, 3.63) is 57.2 Å². The number of ether oxygens (including phenoxy) is 2. The molecule has 3 rings (SSSR count). The zero-order valence-corrected chi connectivity index (χ0v) is 16.5. The fourth-order valence-corrected chi connectivity index (χ4v) is 3.64. The van der Waals surface area contributed by atoms with Gasteiger partial charge in [-0.25, -0.2) is 0 Å². The zero-order valence-electron chi connectivity index (χ0n) is 14.3. The molecule has 1 amide bonds. The van der Waals surface area contributed by atoms with Crippen LogP contribution in [0.1, 0.15) is 35.2 Å². The monoisotopic (exact) mass is 451 g/mol. The molecule has 0 bridgehead atoms. The third-order valence-corrected chi connectivity index (χ3v) is 5.26. The van der Waals surface area contributed by atoms with Crippen LogP contribution in [0.5, 0.6) is 11.5 Å². The number of halogens is 1. The molecule has 1 aliphatic heterocycles. The van der Waals surface area contributed by atoms with E-state index in [1.807, 2.05) is 47.4 Å². The number of carbonyl (C=O) groups is 1. The number of hydrogen-bond donors (Lipinski definition) is 0. The summed E-state index contributed by atoms with van der Waals surface area (Å²) in [5, 5.41) is 0. The Labute approximate surface area is 162 Å². The lowest BCUT2D eigenvalue weighted by molar-refractivity contribution is 0.0722. The zero-order chi connectivity index (χ0) is 17.6. The van der Waals surface area contributed by atoms with Gasteiger partial charge in [0.05, 0.1) is 12.7 Å². The Morgan fingerprint density at radius 3 is 2.48 bits per heavy atom. The minimum Gasteiger partial charge on any atom is -0.493 e. The first-order valence-corrected chi connectivity index (χ1v) is 9.60. The van der Waals surface area contributed by atoms with E-state index in [2.05, 4.69) is 22.6 Å². The van der Waals surface area contributed by atoms with Gasteiger partial charge in [-0.2, -0.15) is 0 Å². The van der Waals surface area contributed by atoms with Crippen molar-refractivity contribution in [3.63, 3.8) is 0 Å². The van der Waals surface area contributed by atoms with E-state index in [-0.39, 0.29) is 5.91 Å². The molecule has 0 spiro atoms. The summed E-state index contributed by atoms with van der Waals surface area (Å²) in [4.78, 5) is 14.8. The van der Waals surface area contributed by atoms with E-state index in [0.717, 1.165) is 35.1 Å². The number of likely N-dealkylation sites (tertiary alicyclic amines) is 1. The Hall–Kier alpha value is -1.76. The Bertz CT molecular complexity index is 727. The summed E-state index contributed by atoms with van der Waals surface area (Å²) >= 11 is 2.19. The molecule has 132 valence electrons. The molecule has 0 aromatic heterocycles. The van der Waals surface area contributed by atoms with Crippen molar-refractivity contribution in [2.24, 2.45) is 0 Å². The van der Waals surface area contributed by atoms with E-state index in [4.69, 9.17) is 9.47 Å². The molecule has 0 atom stereocenters. The third kappa shape index (κ3) is 4.45. The topological polar surface area (TPSA) is 38.8 Å². The molecule has 1 aliphatic rings. The van der Waals surface area contributed by atoms with Crippen LogP contribution in [0.25, 0.3) is 0 Å². The number of rotatable bonds is 5. The third-order valence-electron chi connectivity index (χ3n) is 4.36. The minimum absolute atomic E-state index is 0.0799. The summed E-state index contributed by atoms with van der Waals surface area (Å²) in [6, 6.07) is 13.7. The molecule has 0 radical (unpaired) electrons. The van der Waals surface area contributed by atoms with Crippen molar-refractivity contribution in [3.8, 4) is 11.5 Å². The van der Waals surface area contributed by atoms with Crippen molar-refractivity contribution >= 4 is 28.5 Å². The van der Waals surface area contributed by atoms with E-state index >= 15 is 0 Å². The molecule has 1 saturated heterocycles. The van der Waals surface area contributed by atoms with Gasteiger partial charge in [0, 0.05) is 16.7 Å². The van der Waals surface area contributed by atoms with Crippen LogP contribution in [0, 0.1) is 3.57 Å². The number of methoxy groups -OCH3 is 1. The van der Waals surface area contributed by atoms with E-state index in [0.29, 0.717) is 23.7 Å². The van der Waals surface area contributed by atoms with Gasteiger partial charge in [0.2, 0.25) is 0 Å². The van der Waals surface area contributed by atoms with Crippen molar-refractivity contribution in [2.75, 3.05) is 20.2 Å². The maximum atomic E-state index is 12.9. The minimum atomic E-state index is 0.0799. The van der Waals surface area contributed by atoms with Gasteiger partial charge in [0.25, 0.3) is 5.91 Å². The van der Waals surface area contributed by atoms with Crippen LogP contribution in [0.3, 0.4) is 0 Å². The molecule has 0 N–H and O–H groups in total. The number of amides is 1. The van der Waals surface area contributed by atoms with Crippen LogP contribution in [-0.2, 0) is 6.61 Å². The van der Waals surface area contributed by atoms with Crippen LogP contribution in [0.2, 0.25) is 0 Å². The molecule has 0 saturated carbocycles. The molecule has 2 aromatic rings. The Balaban J connectivity index is 1.82. The van der Waals surface area contributed by atoms with E-state index in [9.17, 15) is 4.79 Å². The van der Waals surface area contributed by atoms with E-state index in [1.54, 1.807) is 7.11 Å². The van der Waals surface area contributed by atoms with Crippen molar-refractivity contribution in [2.45, 2.75) is 25.9 Å². The lowest BCUT2D eigenvalue weighted by Crippen LogP contribution is -2.36. The van der Waals surface area contributed by atoms with Crippen LogP contribution in [0.15, 0.2) is 42.5 Å². The van der Waals surface area contributed by atoms with Crippen molar-refractivity contribution in [1.29, 1.82) is 0 Å². The van der Waals surface area contributed by atoms with Crippen molar-refractivity contribution in [1.82, 2.24) is 4.90 Å². The quantitative estimate of drug-likeness (QED) is 0.629. The van der Waals surface area contributed by atoms with Gasteiger partial charge < -0.3 is 14.4 Å². The highest BCUT2D eigenvalue weighted by molar-refractivity contribution is 14.1. The summed E-state index contributed by atoms with van der Waals surface area (Å²) < 4.78 is 12.3. The van der Waals surface area contributed by atoms with Crippen LogP contribution < -0.4 is 9.47 Å². The Kier molecular flexibility index (Phi) is 6.18. The lowest BCUT2D eigenvalue weighted by Gasteiger charge is -2.27. The van der Waals surface area contributed by atoms with Gasteiger partial charge in [-0.15, -0.1) is 0 Å². The second-order valence-corrected chi connectivity index (χ2v) is 7.27. The summed E-state index contributed by atoms with van der Waals surface area (Å²) in [7, 11) is 1.62. The Morgan fingerprint density at radius 1 is 1.08 bits per heavy atom. The predicted octanol–water partition coefficient (Wildman–Crippen LogP) is 4.50. The second-order valence-electron chi connectivity index (χ2n) is 6.11. The molecule has 0 unspecified atom stereocenters. The normalized spacial score (nSPS) is 14.2. The van der Waals surface area contributed by atoms with Gasteiger partial charge >= 0.3 is 0 Å². The van der Waals surface area contributed by atoms with Crippen LogP contribution >= 0.6 is 22.6 Å². The van der Waals surface area contributed by atoms with Crippen molar-refractivity contribution < 1.29 is 14.3 Å². The highest BCUT2D eigenvalue weighted by Crippen LogP contribution is 2.33. The summed E-state index contributed by atoms with van der Waals surface area (Å²) in [5.41, 5.74) is 1.76. The average molecular weight is 451 g/mol. The lowest BCUT2D eigenvalue weighted by atomic mass is 10.1. The van der Waals surface area contributed by atoms with E-state index in [1.165, 1.54) is 6.42 Å². The predicted molar refractivity (Wildman–Crippen MR) is 106 cm³/mol. The number of nitrogens with zero attached hydrogens (tertiary/aromatic N) is 1. The average Bonchev–Trinajstić information content (AvgIpc) is 2.67. The van der Waals surface area contributed by atoms with Gasteiger partial charge in [0.15, 0.2) is 11.5 Å². The first-order chi connectivity index (χ1) is 12.2. The molecule has 25 heavy (non-hydrogen) atoms. The SMILES string of the molecule is COc1cc(I)c(C(=O)N2CCCCC2)cc1OCc1ccccc1. The smallest absolute Gasteiger partial charge is 0.255 e. The Morgan fingerprint density at radius 2 is 1.80 bits per heavy atom. The molecule has 0 aliphatic carbocycles. The molecular formula is C20H22INO3. The molecule has 5 heteroatoms. The van der Waals surface area contributed by atoms with Gasteiger partial charge in [0.1, 0.15) is 6.61 Å². The standard InChI is InChI=1S/C20H22INO3/c1-24-18-13-17(21)16(20(23)22-10-6-3-7-11-22)12-19(18)25-14-15-8-4-2-5-9-15/h2,4-5,8-9,12-13H,3,6-7,10-11,14H2,1H3. The van der Waals surface area contributed by atoms with Crippen LogP contribution in [-0.4, -0.2) is 31.0 Å². The summed E-state index contributed by atoms with van der Waals surface area (Å²) in [6.07, 6.45) is 3.36. The fraction of sp³-hybridized carbons (Fsp3) is 0.350. The maximum Gasteiger partial charge on any atom is 0.255 e. The van der Waals surface area contributed by atoms with E-state index < -0.39 is 0 Å². The maximum absolute atomic E-state index is 12.9. The largest absolute Gasteiger partial charge is 0.493 e. The second kappa shape index (κ2) is 8.56. The molecule has 2 aromatic carbocycles. The number of carbonyl (C=O) groups excluding carboxylic acids is 1. The molecule has 4 nitrogen and oxygen atoms in total. The van der Waals surface area contributed by atoms with Crippen LogP contribution in [0.4, 0.5) is 0 Å². The highest BCUT2D eigenvalue weighted by Gasteiger charge is 2.22. The fourth-order valence-electron chi connectivity index (χ4n) is 2.97. The first kappa shape index (κ1) is 18.0. The van der Waals surface area contributed by atoms with Gasteiger partial charge in [-0.1, -0.05) is 30.3 Å². The first-order valence-electron chi connectivity index (χ1n) is 8.52. The molecular weight excluding hydrogens is 429 g/mol. The summed E-state index contributed by atoms with van der Waals surface area (Å²) in [6.45, 7) is 2.11. The summed E-state index contributed by atoms with van der Waals surface area (Å²) in [5.74, 6) is 1.33.